The summed E-state index contributed by atoms with van der Waals surface area (Å²) in [6.45, 7) is 3.60. The van der Waals surface area contributed by atoms with Crippen LogP contribution in [0.2, 0.25) is 0 Å². The summed E-state index contributed by atoms with van der Waals surface area (Å²) in [7, 11) is 0. The molecule has 6 nitrogen and oxygen atoms in total. The Morgan fingerprint density at radius 1 is 1.25 bits per heavy atom. The molecule has 0 unspecified atom stereocenters. The van der Waals surface area contributed by atoms with E-state index in [9.17, 15) is 9.59 Å². The van der Waals surface area contributed by atoms with Gasteiger partial charge in [-0.05, 0) is 38.1 Å². The highest BCUT2D eigenvalue weighted by Gasteiger charge is 1.97. The Labute approximate surface area is 117 Å². The molecule has 0 heterocycles. The lowest BCUT2D eigenvalue weighted by molar-refractivity contribution is -0.142. The summed E-state index contributed by atoms with van der Waals surface area (Å²) >= 11 is 0. The van der Waals surface area contributed by atoms with Crippen LogP contribution in [0.4, 0.5) is 0 Å². The molecule has 112 valence electrons. The highest BCUT2D eigenvalue weighted by molar-refractivity contribution is 5.74. The molecule has 0 aliphatic carbocycles. The summed E-state index contributed by atoms with van der Waals surface area (Å²) < 4.78 is 10.0. The van der Waals surface area contributed by atoms with Crippen LogP contribution in [0.1, 0.15) is 24.2 Å². The normalized spacial score (nSPS) is 9.60. The van der Waals surface area contributed by atoms with E-state index in [-0.39, 0.29) is 25.9 Å². The number of benzene rings is 1. The topological polar surface area (TPSA) is 93.1 Å². The maximum Gasteiger partial charge on any atom is 0.329 e. The van der Waals surface area contributed by atoms with Gasteiger partial charge in [0, 0.05) is 11.7 Å². The van der Waals surface area contributed by atoms with Crippen molar-refractivity contribution in [3.05, 3.63) is 29.8 Å². The first-order valence-electron chi connectivity index (χ1n) is 6.11. The second kappa shape index (κ2) is 11.0. The Morgan fingerprint density at radius 2 is 1.80 bits per heavy atom. The minimum atomic E-state index is -1.00. The van der Waals surface area contributed by atoms with Crippen molar-refractivity contribution in [3.8, 4) is 5.75 Å². The minimum absolute atomic E-state index is 0.167. The van der Waals surface area contributed by atoms with Crippen molar-refractivity contribution >= 4 is 12.3 Å². The number of hydrogen-bond acceptors (Lipinski definition) is 5. The monoisotopic (exact) mass is 284 g/mol. The number of carboxylic acids is 1. The largest absolute Gasteiger partial charge is 0.491 e. The van der Waals surface area contributed by atoms with Gasteiger partial charge >= 0.3 is 5.97 Å². The Hall–Kier alpha value is -1.92. The van der Waals surface area contributed by atoms with E-state index in [4.69, 9.17) is 19.7 Å². The van der Waals surface area contributed by atoms with E-state index in [0.717, 1.165) is 6.29 Å². The van der Waals surface area contributed by atoms with Crippen molar-refractivity contribution in [2.24, 2.45) is 0 Å². The quantitative estimate of drug-likeness (QED) is 0.580. The number of carbonyl (C=O) groups is 2. The third-order valence-corrected chi connectivity index (χ3v) is 1.74. The average Bonchev–Trinajstić information content (AvgIpc) is 2.38. The molecule has 2 N–H and O–H groups in total. The molecule has 0 atom stereocenters. The van der Waals surface area contributed by atoms with Crippen molar-refractivity contribution in [1.82, 2.24) is 0 Å². The zero-order chi connectivity index (χ0) is 15.4. The predicted octanol–water partition coefficient (Wildman–Crippen LogP) is 1.37. The van der Waals surface area contributed by atoms with Crippen LogP contribution in [0, 0.1) is 0 Å². The first kappa shape index (κ1) is 18.1. The van der Waals surface area contributed by atoms with Crippen molar-refractivity contribution in [1.29, 1.82) is 0 Å². The van der Waals surface area contributed by atoms with Crippen LogP contribution in [0.25, 0.3) is 0 Å². The number of hydrogen-bond donors (Lipinski definition) is 2. The molecule has 0 spiro atoms. The molecule has 6 heteroatoms. The number of aliphatic hydroxyl groups excluding tert-OH is 1. The molecule has 0 radical (unpaired) electrons. The third kappa shape index (κ3) is 11.2. The van der Waals surface area contributed by atoms with Crippen molar-refractivity contribution in [2.75, 3.05) is 19.8 Å². The van der Waals surface area contributed by atoms with Crippen LogP contribution in [0.5, 0.6) is 5.75 Å². The van der Waals surface area contributed by atoms with E-state index in [1.54, 1.807) is 38.1 Å². The lowest BCUT2D eigenvalue weighted by Gasteiger charge is -2.05. The lowest BCUT2D eigenvalue weighted by Crippen LogP contribution is -2.12. The van der Waals surface area contributed by atoms with Gasteiger partial charge in [-0.2, -0.15) is 0 Å². The summed E-state index contributed by atoms with van der Waals surface area (Å²) in [4.78, 5) is 20.5. The van der Waals surface area contributed by atoms with Crippen LogP contribution in [0.15, 0.2) is 24.3 Å². The fraction of sp³-hybridized carbons (Fsp3) is 0.429. The van der Waals surface area contributed by atoms with Crippen LogP contribution < -0.4 is 4.74 Å². The van der Waals surface area contributed by atoms with E-state index < -0.39 is 5.97 Å². The summed E-state index contributed by atoms with van der Waals surface area (Å²) in [5.74, 6) is -0.389. The van der Waals surface area contributed by atoms with E-state index in [1.165, 1.54) is 0 Å². The van der Waals surface area contributed by atoms with Crippen LogP contribution in [-0.4, -0.2) is 48.4 Å². The highest BCUT2D eigenvalue weighted by atomic mass is 16.5. The summed E-state index contributed by atoms with van der Waals surface area (Å²) in [6.07, 6.45) is 0.583. The summed E-state index contributed by atoms with van der Waals surface area (Å²) in [6, 6.07) is 6.61. The predicted molar refractivity (Wildman–Crippen MR) is 73.1 cm³/mol. The zero-order valence-corrected chi connectivity index (χ0v) is 11.6. The van der Waals surface area contributed by atoms with Gasteiger partial charge in [0.05, 0.1) is 6.61 Å². The fourth-order valence-corrected chi connectivity index (χ4v) is 1.02. The van der Waals surface area contributed by atoms with E-state index >= 15 is 0 Å². The Balaban J connectivity index is 0.000000796. The number of aliphatic carboxylic acids is 1. The van der Waals surface area contributed by atoms with Gasteiger partial charge in [0.25, 0.3) is 0 Å². The summed E-state index contributed by atoms with van der Waals surface area (Å²) in [5.41, 5.74) is 0.578. The van der Waals surface area contributed by atoms with E-state index in [2.05, 4.69) is 0 Å². The van der Waals surface area contributed by atoms with Crippen molar-refractivity contribution in [3.63, 3.8) is 0 Å². The van der Waals surface area contributed by atoms with Crippen molar-refractivity contribution < 1.29 is 29.3 Å². The lowest BCUT2D eigenvalue weighted by atomic mass is 10.2. The Kier molecular flexibility index (Phi) is 9.90. The first-order valence-corrected chi connectivity index (χ1v) is 6.11. The summed E-state index contributed by atoms with van der Waals surface area (Å²) in [5, 5.41) is 16.3. The average molecular weight is 284 g/mol. The fourth-order valence-electron chi connectivity index (χ4n) is 1.02. The number of ether oxygens (including phenoxy) is 2. The molecule has 0 fully saturated rings. The molecule has 0 amide bonds. The Bertz CT molecular complexity index is 382. The first-order chi connectivity index (χ1) is 9.45. The SMILES string of the molecule is CC(C)O.O=Cc1ccc(OCCOCC(=O)O)cc1. The van der Waals surface area contributed by atoms with Gasteiger partial charge in [-0.25, -0.2) is 4.79 Å². The number of aliphatic hydroxyl groups is 1. The van der Waals surface area contributed by atoms with Gasteiger partial charge in [0.15, 0.2) is 0 Å². The molecule has 0 bridgehead atoms. The number of carbonyl (C=O) groups excluding carboxylic acids is 1. The standard InChI is InChI=1S/C11H12O5.C3H8O/c12-7-9-1-3-10(4-2-9)16-6-5-15-8-11(13)14;1-3(2)4/h1-4,7H,5-6,8H2,(H,13,14);3-4H,1-2H3. The van der Waals surface area contributed by atoms with E-state index in [0.29, 0.717) is 11.3 Å². The van der Waals surface area contributed by atoms with Crippen LogP contribution in [0.3, 0.4) is 0 Å². The second-order valence-electron chi connectivity index (χ2n) is 4.08. The molecular formula is C14H20O6. The molecule has 1 rings (SSSR count). The third-order valence-electron chi connectivity index (χ3n) is 1.74. The molecule has 1 aromatic rings. The molecule has 1 aromatic carbocycles. The van der Waals surface area contributed by atoms with E-state index in [1.807, 2.05) is 0 Å². The minimum Gasteiger partial charge on any atom is -0.491 e. The number of rotatable bonds is 7. The van der Waals surface area contributed by atoms with Gasteiger partial charge < -0.3 is 19.7 Å². The molecular weight excluding hydrogens is 264 g/mol. The van der Waals surface area contributed by atoms with Gasteiger partial charge in [0.2, 0.25) is 0 Å². The molecule has 0 aliphatic heterocycles. The molecule has 0 aliphatic rings. The van der Waals surface area contributed by atoms with Gasteiger partial charge in [-0.3, -0.25) is 4.79 Å². The maximum absolute atomic E-state index is 10.4. The maximum atomic E-state index is 10.4. The molecule has 0 aromatic heterocycles. The Morgan fingerprint density at radius 3 is 2.25 bits per heavy atom. The van der Waals surface area contributed by atoms with Crippen molar-refractivity contribution in [2.45, 2.75) is 20.0 Å². The van der Waals surface area contributed by atoms with Crippen LogP contribution in [-0.2, 0) is 9.53 Å². The zero-order valence-electron chi connectivity index (χ0n) is 11.6. The molecule has 20 heavy (non-hydrogen) atoms. The highest BCUT2D eigenvalue weighted by Crippen LogP contribution is 2.10. The van der Waals surface area contributed by atoms with Gasteiger partial charge in [0.1, 0.15) is 25.2 Å². The van der Waals surface area contributed by atoms with Gasteiger partial charge in [-0.15, -0.1) is 0 Å². The molecule has 0 saturated heterocycles. The number of carboxylic acid groups (broad SMARTS) is 1. The van der Waals surface area contributed by atoms with Crippen LogP contribution >= 0.6 is 0 Å². The second-order valence-corrected chi connectivity index (χ2v) is 4.08. The molecule has 0 saturated carbocycles. The number of aldehydes is 1. The van der Waals surface area contributed by atoms with Gasteiger partial charge in [-0.1, -0.05) is 0 Å². The smallest absolute Gasteiger partial charge is 0.329 e.